The number of benzene rings is 1. The van der Waals surface area contributed by atoms with Crippen molar-refractivity contribution in [2.45, 2.75) is 25.9 Å². The van der Waals surface area contributed by atoms with E-state index in [0.717, 1.165) is 0 Å². The second-order valence-corrected chi connectivity index (χ2v) is 6.67. The third-order valence-corrected chi connectivity index (χ3v) is 5.08. The molecule has 1 aromatic rings. The highest BCUT2D eigenvalue weighted by atomic mass is 32.2. The molecule has 1 aliphatic heterocycles. The van der Waals surface area contributed by atoms with Crippen molar-refractivity contribution in [2.24, 2.45) is 0 Å². The fourth-order valence-corrected chi connectivity index (χ4v) is 3.75. The van der Waals surface area contributed by atoms with Gasteiger partial charge in [-0.05, 0) is 24.1 Å². The zero-order valence-electron chi connectivity index (χ0n) is 10.9. The Hall–Kier alpha value is -0.980. The molecule has 19 heavy (non-hydrogen) atoms. The summed E-state index contributed by atoms with van der Waals surface area (Å²) in [6.07, 6.45) is 0.675. The second kappa shape index (κ2) is 5.98. The molecule has 106 valence electrons. The molecule has 6 heteroatoms. The highest BCUT2D eigenvalue weighted by Gasteiger charge is 2.31. The van der Waals surface area contributed by atoms with Crippen molar-refractivity contribution < 1.29 is 17.5 Å². The molecule has 0 amide bonds. The normalized spacial score (nSPS) is 24.0. The van der Waals surface area contributed by atoms with Crippen molar-refractivity contribution in [3.8, 4) is 0 Å². The average molecular weight is 287 g/mol. The number of hydrogen-bond donors (Lipinski definition) is 0. The van der Waals surface area contributed by atoms with Crippen LogP contribution in [0.4, 0.5) is 4.39 Å². The van der Waals surface area contributed by atoms with E-state index in [1.54, 1.807) is 12.1 Å². The van der Waals surface area contributed by atoms with E-state index in [4.69, 9.17) is 4.74 Å². The monoisotopic (exact) mass is 287 g/mol. The van der Waals surface area contributed by atoms with Gasteiger partial charge in [-0.25, -0.2) is 12.8 Å². The van der Waals surface area contributed by atoms with Gasteiger partial charge in [-0.2, -0.15) is 4.31 Å². The van der Waals surface area contributed by atoms with E-state index in [1.165, 1.54) is 16.4 Å². The molecule has 4 nitrogen and oxygen atoms in total. The van der Waals surface area contributed by atoms with Crippen molar-refractivity contribution in [1.29, 1.82) is 0 Å². The van der Waals surface area contributed by atoms with Crippen molar-refractivity contribution in [2.75, 3.05) is 19.0 Å². The number of hydrogen-bond acceptors (Lipinski definition) is 3. The predicted molar refractivity (Wildman–Crippen MR) is 70.6 cm³/mol. The molecule has 2 rings (SSSR count). The first-order valence-corrected chi connectivity index (χ1v) is 7.95. The first-order valence-electron chi connectivity index (χ1n) is 6.34. The van der Waals surface area contributed by atoms with Gasteiger partial charge >= 0.3 is 0 Å². The molecule has 0 saturated carbocycles. The van der Waals surface area contributed by atoms with Crippen molar-refractivity contribution in [3.63, 3.8) is 0 Å². The van der Waals surface area contributed by atoms with E-state index in [1.807, 2.05) is 6.92 Å². The van der Waals surface area contributed by atoms with Gasteiger partial charge in [0.1, 0.15) is 5.82 Å². The maximum atomic E-state index is 13.2. The van der Waals surface area contributed by atoms with Crippen LogP contribution >= 0.6 is 0 Å². The molecule has 0 bridgehead atoms. The summed E-state index contributed by atoms with van der Waals surface area (Å²) in [6.45, 7) is 2.74. The zero-order valence-corrected chi connectivity index (χ0v) is 11.7. The third kappa shape index (κ3) is 3.52. The SMILES string of the molecule is CCC1COCCS(=O)(=O)N1Cc1cccc(F)c1. The molecule has 1 unspecified atom stereocenters. The van der Waals surface area contributed by atoms with Crippen LogP contribution in [0.5, 0.6) is 0 Å². The Morgan fingerprint density at radius 3 is 2.95 bits per heavy atom. The topological polar surface area (TPSA) is 46.6 Å². The Kier molecular flexibility index (Phi) is 4.54. The Morgan fingerprint density at radius 2 is 2.26 bits per heavy atom. The van der Waals surface area contributed by atoms with Gasteiger partial charge in [0.2, 0.25) is 10.0 Å². The van der Waals surface area contributed by atoms with Gasteiger partial charge in [-0.1, -0.05) is 19.1 Å². The first kappa shape index (κ1) is 14.4. The van der Waals surface area contributed by atoms with Gasteiger partial charge in [0.05, 0.1) is 19.0 Å². The average Bonchev–Trinajstić information content (AvgIpc) is 2.50. The number of sulfonamides is 1. The van der Waals surface area contributed by atoms with E-state index in [0.29, 0.717) is 18.6 Å². The van der Waals surface area contributed by atoms with Gasteiger partial charge in [-0.3, -0.25) is 0 Å². The molecule has 1 fully saturated rings. The van der Waals surface area contributed by atoms with Gasteiger partial charge < -0.3 is 4.74 Å². The molecule has 1 saturated heterocycles. The number of ether oxygens (including phenoxy) is 1. The van der Waals surface area contributed by atoms with Crippen LogP contribution in [0.2, 0.25) is 0 Å². The maximum absolute atomic E-state index is 13.2. The molecule has 0 aliphatic carbocycles. The summed E-state index contributed by atoms with van der Waals surface area (Å²) < 4.78 is 44.4. The van der Waals surface area contributed by atoms with Crippen LogP contribution in [0.1, 0.15) is 18.9 Å². The van der Waals surface area contributed by atoms with Gasteiger partial charge in [0.15, 0.2) is 0 Å². The lowest BCUT2D eigenvalue weighted by atomic mass is 10.2. The smallest absolute Gasteiger partial charge is 0.217 e. The highest BCUT2D eigenvalue weighted by Crippen LogP contribution is 2.19. The zero-order chi connectivity index (χ0) is 13.9. The minimum atomic E-state index is -3.35. The minimum absolute atomic E-state index is 0.0151. The summed E-state index contributed by atoms with van der Waals surface area (Å²) in [5.74, 6) is -0.368. The van der Waals surface area contributed by atoms with E-state index in [2.05, 4.69) is 0 Å². The largest absolute Gasteiger partial charge is 0.379 e. The number of halogens is 1. The maximum Gasteiger partial charge on any atom is 0.217 e. The summed E-state index contributed by atoms with van der Waals surface area (Å²) in [6, 6.07) is 5.86. The quantitative estimate of drug-likeness (QED) is 0.851. The lowest BCUT2D eigenvalue weighted by Gasteiger charge is -2.27. The first-order chi connectivity index (χ1) is 9.03. The summed E-state index contributed by atoms with van der Waals surface area (Å²) in [5, 5.41) is 0. The van der Waals surface area contributed by atoms with E-state index < -0.39 is 10.0 Å². The second-order valence-electron chi connectivity index (χ2n) is 4.63. The van der Waals surface area contributed by atoms with Crippen LogP contribution in [0.3, 0.4) is 0 Å². The fraction of sp³-hybridized carbons (Fsp3) is 0.538. The van der Waals surface area contributed by atoms with Gasteiger partial charge in [0.25, 0.3) is 0 Å². The highest BCUT2D eigenvalue weighted by molar-refractivity contribution is 7.89. The summed E-state index contributed by atoms with van der Waals surface area (Å²) in [5.41, 5.74) is 0.656. The van der Waals surface area contributed by atoms with Crippen molar-refractivity contribution in [1.82, 2.24) is 4.31 Å². The Bertz CT molecular complexity index is 532. The molecular formula is C13H18FNO3S. The van der Waals surface area contributed by atoms with Crippen molar-refractivity contribution in [3.05, 3.63) is 35.6 Å². The van der Waals surface area contributed by atoms with Gasteiger partial charge in [0, 0.05) is 12.6 Å². The fourth-order valence-electron chi connectivity index (χ4n) is 2.18. The third-order valence-electron chi connectivity index (χ3n) is 3.26. The molecule has 1 atom stereocenters. The molecular weight excluding hydrogens is 269 g/mol. The molecule has 0 N–H and O–H groups in total. The molecule has 1 aliphatic rings. The number of rotatable bonds is 3. The van der Waals surface area contributed by atoms with Crippen LogP contribution in [0.15, 0.2) is 24.3 Å². The molecule has 0 aromatic heterocycles. The van der Waals surface area contributed by atoms with Crippen LogP contribution < -0.4 is 0 Å². The summed E-state index contributed by atoms with van der Waals surface area (Å²) in [7, 11) is -3.35. The molecule has 1 heterocycles. The van der Waals surface area contributed by atoms with Crippen molar-refractivity contribution >= 4 is 10.0 Å². The predicted octanol–water partition coefficient (Wildman–Crippen LogP) is 1.77. The van der Waals surface area contributed by atoms with E-state index >= 15 is 0 Å². The Morgan fingerprint density at radius 1 is 1.47 bits per heavy atom. The lowest BCUT2D eigenvalue weighted by molar-refractivity contribution is 0.108. The Labute approximate surface area is 113 Å². The van der Waals surface area contributed by atoms with Gasteiger partial charge in [-0.15, -0.1) is 0 Å². The van der Waals surface area contributed by atoms with Crippen LogP contribution in [-0.2, 0) is 21.3 Å². The minimum Gasteiger partial charge on any atom is -0.379 e. The summed E-state index contributed by atoms with van der Waals surface area (Å²) in [4.78, 5) is 0. The van der Waals surface area contributed by atoms with E-state index in [-0.39, 0.29) is 30.8 Å². The van der Waals surface area contributed by atoms with Crippen LogP contribution in [0.25, 0.3) is 0 Å². The Balaban J connectivity index is 2.27. The standard InChI is InChI=1S/C13H18FNO3S/c1-2-13-10-18-6-7-19(16,17)15(13)9-11-4-3-5-12(14)8-11/h3-5,8,13H,2,6-7,9-10H2,1H3. The number of nitrogens with zero attached hydrogens (tertiary/aromatic N) is 1. The van der Waals surface area contributed by atoms with Crippen LogP contribution in [-0.4, -0.2) is 37.7 Å². The summed E-state index contributed by atoms with van der Waals surface area (Å²) >= 11 is 0. The van der Waals surface area contributed by atoms with Crippen LogP contribution in [0, 0.1) is 5.82 Å². The lowest BCUT2D eigenvalue weighted by Crippen LogP contribution is -2.41. The molecule has 0 spiro atoms. The molecule has 0 radical (unpaired) electrons. The van der Waals surface area contributed by atoms with E-state index in [9.17, 15) is 12.8 Å². The molecule has 1 aromatic carbocycles.